The number of carbonyl (C=O) groups excluding carboxylic acids is 1. The Bertz CT molecular complexity index is 1250. The van der Waals surface area contributed by atoms with Crippen LogP contribution in [0, 0.1) is 12.7 Å². The molecule has 0 bridgehead atoms. The number of nitrogens with two attached hydrogens (primary N) is 1. The van der Waals surface area contributed by atoms with E-state index in [1.54, 1.807) is 25.1 Å². The highest BCUT2D eigenvalue weighted by Crippen LogP contribution is 2.19. The Balaban J connectivity index is 1.41. The molecule has 0 radical (unpaired) electrons. The van der Waals surface area contributed by atoms with Crippen molar-refractivity contribution in [1.82, 2.24) is 30.5 Å². The van der Waals surface area contributed by atoms with Gasteiger partial charge in [0.1, 0.15) is 25.0 Å². The van der Waals surface area contributed by atoms with E-state index in [9.17, 15) is 14.3 Å². The number of hydrogen-bond donors (Lipinski definition) is 3. The second-order valence-corrected chi connectivity index (χ2v) is 7.75. The number of aromatic nitrogens is 5. The van der Waals surface area contributed by atoms with Crippen molar-refractivity contribution in [3.05, 3.63) is 64.7 Å². The van der Waals surface area contributed by atoms with Gasteiger partial charge in [-0.05, 0) is 42.0 Å². The highest BCUT2D eigenvalue weighted by Gasteiger charge is 2.22. The average molecular weight is 485 g/mol. The van der Waals surface area contributed by atoms with E-state index < -0.39 is 17.6 Å². The third-order valence-corrected chi connectivity index (χ3v) is 5.11. The molecule has 2 aromatic heterocycles. The number of nitrogens with one attached hydrogen (secondary N) is 1. The van der Waals surface area contributed by atoms with Crippen LogP contribution in [0.2, 0.25) is 0 Å². The SMILES string of the molecule is COc1cc(CNC(=O)c2cc(-c3nnn(C[C@H]4CO/C(=C(\N)O)CO4)n3)cc(C)n2)ccc1F. The minimum atomic E-state index is -0.480. The summed E-state index contributed by atoms with van der Waals surface area (Å²) in [6.07, 6.45) is -0.356. The van der Waals surface area contributed by atoms with Crippen LogP contribution in [0.3, 0.4) is 0 Å². The van der Waals surface area contributed by atoms with Gasteiger partial charge < -0.3 is 30.4 Å². The Morgan fingerprint density at radius 1 is 1.37 bits per heavy atom. The summed E-state index contributed by atoms with van der Waals surface area (Å²) in [7, 11) is 1.37. The summed E-state index contributed by atoms with van der Waals surface area (Å²) in [6.45, 7) is 2.40. The first kappa shape index (κ1) is 23.9. The number of hydrogen-bond acceptors (Lipinski definition) is 10. The van der Waals surface area contributed by atoms with Crippen molar-refractivity contribution in [2.45, 2.75) is 26.1 Å². The second kappa shape index (κ2) is 10.3. The molecule has 1 aliphatic rings. The van der Waals surface area contributed by atoms with Crippen LogP contribution in [0.4, 0.5) is 4.39 Å². The number of ether oxygens (including phenoxy) is 3. The number of tetrazole rings is 1. The maximum atomic E-state index is 13.6. The lowest BCUT2D eigenvalue weighted by Crippen LogP contribution is -2.33. The molecule has 13 heteroatoms. The zero-order valence-electron chi connectivity index (χ0n) is 19.1. The van der Waals surface area contributed by atoms with Crippen molar-refractivity contribution in [1.29, 1.82) is 0 Å². The third kappa shape index (κ3) is 5.81. The number of rotatable bonds is 7. The first-order chi connectivity index (χ1) is 16.8. The molecule has 35 heavy (non-hydrogen) atoms. The van der Waals surface area contributed by atoms with Crippen LogP contribution in [-0.2, 0) is 22.6 Å². The third-order valence-electron chi connectivity index (χ3n) is 5.11. The number of aliphatic hydroxyl groups excluding tert-OH is 1. The summed E-state index contributed by atoms with van der Waals surface area (Å²) in [4.78, 5) is 18.4. The Labute approximate surface area is 199 Å². The van der Waals surface area contributed by atoms with Crippen molar-refractivity contribution in [3.8, 4) is 17.1 Å². The Morgan fingerprint density at radius 3 is 2.91 bits per heavy atom. The Hall–Kier alpha value is -4.26. The van der Waals surface area contributed by atoms with E-state index in [1.165, 1.54) is 24.0 Å². The van der Waals surface area contributed by atoms with Crippen molar-refractivity contribution in [2.24, 2.45) is 5.73 Å². The van der Waals surface area contributed by atoms with Crippen LogP contribution in [0.25, 0.3) is 11.4 Å². The minimum absolute atomic E-state index is 0.0429. The lowest BCUT2D eigenvalue weighted by atomic mass is 10.1. The number of benzene rings is 1. The largest absolute Gasteiger partial charge is 0.494 e. The van der Waals surface area contributed by atoms with Crippen LogP contribution in [0.1, 0.15) is 21.7 Å². The fraction of sp³-hybridized carbons (Fsp3) is 0.318. The van der Waals surface area contributed by atoms with Crippen LogP contribution in [-0.4, -0.2) is 62.6 Å². The summed E-state index contributed by atoms with van der Waals surface area (Å²) < 4.78 is 29.5. The van der Waals surface area contributed by atoms with E-state index in [1.807, 2.05) is 0 Å². The van der Waals surface area contributed by atoms with Gasteiger partial charge in [-0.15, -0.1) is 10.2 Å². The molecule has 1 aromatic carbocycles. The molecule has 1 atom stereocenters. The topological polar surface area (TPSA) is 160 Å². The standard InChI is InChI=1S/C22H24FN7O5/c1-12-5-14(21-27-29-30(28-21)9-15-10-35-19(11-34-15)20(24)31)7-17(26-12)22(32)25-8-13-3-4-16(23)18(6-13)33-2/h3-7,15,31H,8-11,24H2,1-2H3,(H,25,32)/b20-19+/t15-/m0/s1. The van der Waals surface area contributed by atoms with E-state index in [0.717, 1.165) is 0 Å². The quantitative estimate of drug-likeness (QED) is 0.415. The number of aryl methyl sites for hydroxylation is 1. The summed E-state index contributed by atoms with van der Waals surface area (Å²) in [5.74, 6) is -0.705. The number of carbonyl (C=O) groups is 1. The highest BCUT2D eigenvalue weighted by atomic mass is 19.1. The van der Waals surface area contributed by atoms with Gasteiger partial charge in [-0.3, -0.25) is 4.79 Å². The zero-order chi connectivity index (χ0) is 24.9. The summed E-state index contributed by atoms with van der Waals surface area (Å²) >= 11 is 0. The van der Waals surface area contributed by atoms with Crippen molar-refractivity contribution in [3.63, 3.8) is 0 Å². The Morgan fingerprint density at radius 2 is 2.20 bits per heavy atom. The second-order valence-electron chi connectivity index (χ2n) is 7.75. The van der Waals surface area contributed by atoms with Gasteiger partial charge in [0.2, 0.25) is 11.7 Å². The van der Waals surface area contributed by atoms with Gasteiger partial charge in [-0.25, -0.2) is 9.37 Å². The van der Waals surface area contributed by atoms with E-state index in [2.05, 4.69) is 25.7 Å². The molecule has 184 valence electrons. The summed E-state index contributed by atoms with van der Waals surface area (Å²) in [5, 5.41) is 24.5. The molecule has 0 saturated carbocycles. The van der Waals surface area contributed by atoms with E-state index in [0.29, 0.717) is 22.6 Å². The molecule has 0 aliphatic carbocycles. The molecule has 0 unspecified atom stereocenters. The Kier molecular flexibility index (Phi) is 7.06. The number of pyridine rings is 1. The molecular formula is C22H24FN7O5. The number of amides is 1. The lowest BCUT2D eigenvalue weighted by molar-refractivity contribution is -0.0643. The average Bonchev–Trinajstić information content (AvgIpc) is 3.31. The number of methoxy groups -OCH3 is 1. The van der Waals surface area contributed by atoms with Gasteiger partial charge in [-0.1, -0.05) is 6.07 Å². The fourth-order valence-corrected chi connectivity index (χ4v) is 3.35. The van der Waals surface area contributed by atoms with Crippen molar-refractivity contribution < 1.29 is 28.5 Å². The molecule has 3 aromatic rings. The normalized spacial score (nSPS) is 16.9. The van der Waals surface area contributed by atoms with Crippen molar-refractivity contribution >= 4 is 5.91 Å². The van der Waals surface area contributed by atoms with Crippen LogP contribution in [0.5, 0.6) is 5.75 Å². The lowest BCUT2D eigenvalue weighted by Gasteiger charge is -2.24. The molecule has 12 nitrogen and oxygen atoms in total. The number of aliphatic hydroxyl groups is 1. The zero-order valence-corrected chi connectivity index (χ0v) is 19.1. The molecule has 0 spiro atoms. The van der Waals surface area contributed by atoms with E-state index in [4.69, 9.17) is 19.9 Å². The van der Waals surface area contributed by atoms with Crippen LogP contribution < -0.4 is 15.8 Å². The molecule has 4 N–H and O–H groups in total. The number of nitrogens with zero attached hydrogens (tertiary/aromatic N) is 5. The maximum Gasteiger partial charge on any atom is 0.270 e. The van der Waals surface area contributed by atoms with Crippen LogP contribution in [0.15, 0.2) is 42.0 Å². The first-order valence-corrected chi connectivity index (χ1v) is 10.6. The first-order valence-electron chi connectivity index (χ1n) is 10.6. The molecule has 1 amide bonds. The fourth-order valence-electron chi connectivity index (χ4n) is 3.35. The van der Waals surface area contributed by atoms with Gasteiger partial charge in [0.15, 0.2) is 17.3 Å². The number of halogens is 1. The molecule has 3 heterocycles. The molecule has 1 saturated heterocycles. The smallest absolute Gasteiger partial charge is 0.270 e. The van der Waals surface area contributed by atoms with Crippen molar-refractivity contribution in [2.75, 3.05) is 20.3 Å². The molecule has 1 fully saturated rings. The maximum absolute atomic E-state index is 13.6. The van der Waals surface area contributed by atoms with Gasteiger partial charge in [0.25, 0.3) is 5.91 Å². The summed E-state index contributed by atoms with van der Waals surface area (Å²) in [5.41, 5.74) is 7.29. The summed E-state index contributed by atoms with van der Waals surface area (Å²) in [6, 6.07) is 7.66. The van der Waals surface area contributed by atoms with Gasteiger partial charge in [0.05, 0.1) is 13.7 Å². The van der Waals surface area contributed by atoms with Gasteiger partial charge >= 0.3 is 0 Å². The predicted molar refractivity (Wildman–Crippen MR) is 119 cm³/mol. The minimum Gasteiger partial charge on any atom is -0.494 e. The predicted octanol–water partition coefficient (Wildman–Crippen LogP) is 1.22. The van der Waals surface area contributed by atoms with Gasteiger partial charge in [0, 0.05) is 17.8 Å². The highest BCUT2D eigenvalue weighted by molar-refractivity contribution is 5.93. The monoisotopic (exact) mass is 485 g/mol. The molecule has 1 aliphatic heterocycles. The van der Waals surface area contributed by atoms with Gasteiger partial charge in [-0.2, -0.15) is 4.80 Å². The molecule has 4 rings (SSSR count). The van der Waals surface area contributed by atoms with E-state index >= 15 is 0 Å². The van der Waals surface area contributed by atoms with Crippen LogP contribution >= 0.6 is 0 Å². The molecular weight excluding hydrogens is 461 g/mol. The van der Waals surface area contributed by atoms with E-state index in [-0.39, 0.29) is 49.6 Å².